The van der Waals surface area contributed by atoms with Crippen LogP contribution in [0.15, 0.2) is 54.6 Å². The third-order valence-corrected chi connectivity index (χ3v) is 3.27. The zero-order chi connectivity index (χ0) is 14.7. The first-order chi connectivity index (χ1) is 10.2. The van der Waals surface area contributed by atoms with Gasteiger partial charge in [-0.25, -0.2) is 5.48 Å². The van der Waals surface area contributed by atoms with Crippen molar-refractivity contribution in [3.8, 4) is 0 Å². The molecule has 1 amide bonds. The van der Waals surface area contributed by atoms with E-state index in [2.05, 4.69) is 10.5 Å². The average Bonchev–Trinajstić information content (AvgIpc) is 2.91. The van der Waals surface area contributed by atoms with E-state index in [1.54, 1.807) is 0 Å². The van der Waals surface area contributed by atoms with Crippen molar-refractivity contribution in [3.05, 3.63) is 71.4 Å². The minimum Gasteiger partial charge on any atom is -0.350 e. The predicted octanol–water partition coefficient (Wildman–Crippen LogP) is 3.34. The van der Waals surface area contributed by atoms with Crippen LogP contribution in [0.1, 0.15) is 21.6 Å². The molecule has 0 radical (unpaired) electrons. The summed E-state index contributed by atoms with van der Waals surface area (Å²) in [5.41, 5.74) is 6.04. The molecule has 0 unspecified atom stereocenters. The number of hydrogen-bond donors (Lipinski definition) is 2. The SMILES string of the molecule is Cc1ccc2cc(C(=O)NOCc3ccccc3)[nH]c2c1. The van der Waals surface area contributed by atoms with Crippen molar-refractivity contribution in [1.29, 1.82) is 0 Å². The van der Waals surface area contributed by atoms with Gasteiger partial charge in [-0.05, 0) is 30.2 Å². The van der Waals surface area contributed by atoms with Crippen LogP contribution in [0.3, 0.4) is 0 Å². The van der Waals surface area contributed by atoms with Gasteiger partial charge in [-0.2, -0.15) is 0 Å². The van der Waals surface area contributed by atoms with Gasteiger partial charge in [0.05, 0.1) is 6.61 Å². The number of H-pyrrole nitrogens is 1. The third-order valence-electron chi connectivity index (χ3n) is 3.27. The van der Waals surface area contributed by atoms with Gasteiger partial charge in [0.1, 0.15) is 5.69 Å². The fourth-order valence-corrected chi connectivity index (χ4v) is 2.18. The summed E-state index contributed by atoms with van der Waals surface area (Å²) >= 11 is 0. The molecule has 4 heteroatoms. The van der Waals surface area contributed by atoms with Crippen LogP contribution in [0.25, 0.3) is 10.9 Å². The molecule has 0 saturated carbocycles. The van der Waals surface area contributed by atoms with Gasteiger partial charge in [0.25, 0.3) is 5.91 Å². The van der Waals surface area contributed by atoms with Gasteiger partial charge >= 0.3 is 0 Å². The second-order valence-electron chi connectivity index (χ2n) is 4.98. The summed E-state index contributed by atoms with van der Waals surface area (Å²) in [6.45, 7) is 2.36. The minimum atomic E-state index is -0.278. The zero-order valence-electron chi connectivity index (χ0n) is 11.7. The number of nitrogens with one attached hydrogen (secondary N) is 2. The van der Waals surface area contributed by atoms with Crippen LogP contribution in [-0.4, -0.2) is 10.9 Å². The summed E-state index contributed by atoms with van der Waals surface area (Å²) in [5.74, 6) is -0.278. The molecule has 0 aliphatic heterocycles. The van der Waals surface area contributed by atoms with Gasteiger partial charge in [0.2, 0.25) is 0 Å². The molecule has 0 bridgehead atoms. The van der Waals surface area contributed by atoms with Crippen LogP contribution in [0.2, 0.25) is 0 Å². The Balaban J connectivity index is 1.64. The maximum Gasteiger partial charge on any atom is 0.291 e. The van der Waals surface area contributed by atoms with Gasteiger partial charge in [-0.3, -0.25) is 9.63 Å². The molecule has 0 fully saturated rings. The lowest BCUT2D eigenvalue weighted by atomic mass is 10.2. The first kappa shape index (κ1) is 13.4. The summed E-state index contributed by atoms with van der Waals surface area (Å²) in [6.07, 6.45) is 0. The van der Waals surface area contributed by atoms with Crippen LogP contribution < -0.4 is 5.48 Å². The Hall–Kier alpha value is -2.59. The van der Waals surface area contributed by atoms with Gasteiger partial charge in [0, 0.05) is 10.9 Å². The molecule has 1 heterocycles. The molecule has 0 atom stereocenters. The number of aromatic amines is 1. The fraction of sp³-hybridized carbons (Fsp3) is 0.118. The normalized spacial score (nSPS) is 10.7. The van der Waals surface area contributed by atoms with E-state index in [0.717, 1.165) is 22.0 Å². The maximum atomic E-state index is 12.0. The molecule has 1 aromatic heterocycles. The van der Waals surface area contributed by atoms with E-state index in [4.69, 9.17) is 4.84 Å². The Kier molecular flexibility index (Phi) is 3.71. The van der Waals surface area contributed by atoms with E-state index in [9.17, 15) is 4.79 Å². The highest BCUT2D eigenvalue weighted by Gasteiger charge is 2.09. The van der Waals surface area contributed by atoms with Crippen LogP contribution >= 0.6 is 0 Å². The third kappa shape index (κ3) is 3.12. The van der Waals surface area contributed by atoms with E-state index in [1.807, 2.05) is 61.5 Å². The smallest absolute Gasteiger partial charge is 0.291 e. The number of hydrogen-bond acceptors (Lipinski definition) is 2. The molecule has 21 heavy (non-hydrogen) atoms. The highest BCUT2D eigenvalue weighted by Crippen LogP contribution is 2.16. The monoisotopic (exact) mass is 280 g/mol. The van der Waals surface area contributed by atoms with Crippen molar-refractivity contribution >= 4 is 16.8 Å². The fourth-order valence-electron chi connectivity index (χ4n) is 2.18. The molecule has 0 aliphatic rings. The lowest BCUT2D eigenvalue weighted by Gasteiger charge is -2.04. The Morgan fingerprint density at radius 2 is 1.95 bits per heavy atom. The van der Waals surface area contributed by atoms with Crippen LogP contribution in [-0.2, 0) is 11.4 Å². The Labute approximate surface area is 122 Å². The summed E-state index contributed by atoms with van der Waals surface area (Å²) < 4.78 is 0. The molecule has 3 rings (SSSR count). The van der Waals surface area contributed by atoms with Crippen molar-refractivity contribution in [2.24, 2.45) is 0 Å². The average molecular weight is 280 g/mol. The Bertz CT molecular complexity index is 763. The number of aromatic nitrogens is 1. The van der Waals surface area contributed by atoms with Crippen molar-refractivity contribution in [2.45, 2.75) is 13.5 Å². The number of amides is 1. The molecule has 2 N–H and O–H groups in total. The van der Waals surface area contributed by atoms with Crippen LogP contribution in [0.4, 0.5) is 0 Å². The largest absolute Gasteiger partial charge is 0.350 e. The number of benzene rings is 2. The highest BCUT2D eigenvalue weighted by molar-refractivity contribution is 5.97. The summed E-state index contributed by atoms with van der Waals surface area (Å²) in [5, 5.41) is 1.01. The first-order valence-corrected chi connectivity index (χ1v) is 6.78. The number of carbonyl (C=O) groups excluding carboxylic acids is 1. The van der Waals surface area contributed by atoms with E-state index in [0.29, 0.717) is 12.3 Å². The topological polar surface area (TPSA) is 54.1 Å². The summed E-state index contributed by atoms with van der Waals surface area (Å²) in [6, 6.07) is 17.5. The zero-order valence-corrected chi connectivity index (χ0v) is 11.7. The first-order valence-electron chi connectivity index (χ1n) is 6.78. The number of hydroxylamine groups is 1. The Morgan fingerprint density at radius 3 is 2.76 bits per heavy atom. The molecule has 106 valence electrons. The van der Waals surface area contributed by atoms with Gasteiger partial charge in [-0.15, -0.1) is 0 Å². The van der Waals surface area contributed by atoms with Crippen LogP contribution in [0.5, 0.6) is 0 Å². The molecular weight excluding hydrogens is 264 g/mol. The van der Waals surface area contributed by atoms with Crippen molar-refractivity contribution in [3.63, 3.8) is 0 Å². The van der Waals surface area contributed by atoms with E-state index in [1.165, 1.54) is 0 Å². The number of fused-ring (bicyclic) bond motifs is 1. The predicted molar refractivity (Wildman–Crippen MR) is 81.7 cm³/mol. The summed E-state index contributed by atoms with van der Waals surface area (Å²) in [4.78, 5) is 20.4. The van der Waals surface area contributed by atoms with Gasteiger partial charge in [-0.1, -0.05) is 42.5 Å². The lowest BCUT2D eigenvalue weighted by molar-refractivity contribution is 0.0230. The van der Waals surface area contributed by atoms with Gasteiger partial charge < -0.3 is 4.98 Å². The van der Waals surface area contributed by atoms with E-state index >= 15 is 0 Å². The molecular formula is C17H16N2O2. The van der Waals surface area contributed by atoms with Gasteiger partial charge in [0.15, 0.2) is 0 Å². The molecule has 0 spiro atoms. The van der Waals surface area contributed by atoms with E-state index in [-0.39, 0.29) is 5.91 Å². The molecule has 2 aromatic carbocycles. The second-order valence-corrected chi connectivity index (χ2v) is 4.98. The quantitative estimate of drug-likeness (QED) is 0.720. The second kappa shape index (κ2) is 5.81. The molecule has 4 nitrogen and oxygen atoms in total. The van der Waals surface area contributed by atoms with Crippen molar-refractivity contribution < 1.29 is 9.63 Å². The van der Waals surface area contributed by atoms with Crippen LogP contribution in [0, 0.1) is 6.92 Å². The standard InChI is InChI=1S/C17H16N2O2/c1-12-7-8-14-10-16(18-15(14)9-12)17(20)19-21-11-13-5-3-2-4-6-13/h2-10,18H,11H2,1H3,(H,19,20). The van der Waals surface area contributed by atoms with Crippen molar-refractivity contribution in [1.82, 2.24) is 10.5 Å². The van der Waals surface area contributed by atoms with E-state index < -0.39 is 0 Å². The number of aryl methyl sites for hydroxylation is 1. The minimum absolute atomic E-state index is 0.278. The Morgan fingerprint density at radius 1 is 1.14 bits per heavy atom. The maximum absolute atomic E-state index is 12.0. The molecule has 0 aliphatic carbocycles. The highest BCUT2D eigenvalue weighted by atomic mass is 16.6. The number of rotatable bonds is 4. The molecule has 3 aromatic rings. The van der Waals surface area contributed by atoms with Crippen molar-refractivity contribution in [2.75, 3.05) is 0 Å². The molecule has 0 saturated heterocycles. The summed E-state index contributed by atoms with van der Waals surface area (Å²) in [7, 11) is 0. The number of carbonyl (C=O) groups is 1. The lowest BCUT2D eigenvalue weighted by Crippen LogP contribution is -2.23.